The minimum atomic E-state index is -0.221. The highest BCUT2D eigenvalue weighted by Gasteiger charge is 2.05. The Bertz CT molecular complexity index is 624. The molecule has 1 aromatic carbocycles. The van der Waals surface area contributed by atoms with Gasteiger partial charge in [0.2, 0.25) is 5.56 Å². The molecule has 0 unspecified atom stereocenters. The van der Waals surface area contributed by atoms with Gasteiger partial charge in [0.1, 0.15) is 0 Å². The van der Waals surface area contributed by atoms with Crippen LogP contribution in [0, 0.1) is 0 Å². The lowest BCUT2D eigenvalue weighted by molar-refractivity contribution is 0.0950. The highest BCUT2D eigenvalue weighted by atomic mass is 16.1. The smallest absolute Gasteiger partial charge is 0.253 e. The molecule has 0 spiro atoms. The third kappa shape index (κ3) is 3.47. The Morgan fingerprint density at radius 2 is 1.85 bits per heavy atom. The van der Waals surface area contributed by atoms with Gasteiger partial charge in [0.25, 0.3) is 5.91 Å². The topological polar surface area (TPSA) is 65.2 Å². The number of carbonyl (C=O) groups excluding carboxylic acids is 1. The molecule has 2 rings (SSSR count). The molecule has 1 heterocycles. The zero-order valence-corrected chi connectivity index (χ0v) is 11.5. The zero-order valence-electron chi connectivity index (χ0n) is 11.5. The van der Waals surface area contributed by atoms with Crippen LogP contribution in [0.5, 0.6) is 0 Å². The lowest BCUT2D eigenvalue weighted by Crippen LogP contribution is -2.23. The van der Waals surface area contributed by atoms with Crippen molar-refractivity contribution < 1.29 is 4.79 Å². The van der Waals surface area contributed by atoms with E-state index in [2.05, 4.69) is 10.3 Å². The quantitative estimate of drug-likeness (QED) is 0.882. The molecule has 104 valence electrons. The number of aromatic nitrogens is 1. The lowest BCUT2D eigenvalue weighted by Gasteiger charge is -2.12. The fourth-order valence-corrected chi connectivity index (χ4v) is 1.75. The summed E-state index contributed by atoms with van der Waals surface area (Å²) in [6, 6.07) is 10.8. The Hall–Kier alpha value is -2.56. The van der Waals surface area contributed by atoms with Crippen LogP contribution in [0.15, 0.2) is 47.4 Å². The summed E-state index contributed by atoms with van der Waals surface area (Å²) in [6.45, 7) is 0.450. The molecule has 5 nitrogen and oxygen atoms in total. The molecule has 0 saturated heterocycles. The molecule has 0 bridgehead atoms. The van der Waals surface area contributed by atoms with E-state index in [1.807, 2.05) is 43.3 Å². The molecule has 2 N–H and O–H groups in total. The third-order valence-electron chi connectivity index (χ3n) is 2.95. The molecule has 1 aromatic heterocycles. The molecule has 0 aliphatic heterocycles. The van der Waals surface area contributed by atoms with Gasteiger partial charge in [0.05, 0.1) is 5.56 Å². The number of rotatable bonds is 4. The minimum Gasteiger partial charge on any atom is -0.378 e. The van der Waals surface area contributed by atoms with Crippen molar-refractivity contribution in [1.29, 1.82) is 0 Å². The van der Waals surface area contributed by atoms with E-state index in [0.717, 1.165) is 11.3 Å². The van der Waals surface area contributed by atoms with E-state index in [1.165, 1.54) is 18.3 Å². The van der Waals surface area contributed by atoms with Gasteiger partial charge in [-0.15, -0.1) is 0 Å². The van der Waals surface area contributed by atoms with Crippen LogP contribution in [0.3, 0.4) is 0 Å². The van der Waals surface area contributed by atoms with Gasteiger partial charge in [-0.25, -0.2) is 0 Å². The van der Waals surface area contributed by atoms with E-state index >= 15 is 0 Å². The van der Waals surface area contributed by atoms with Gasteiger partial charge >= 0.3 is 0 Å². The fraction of sp³-hybridized carbons (Fsp3) is 0.200. The Morgan fingerprint density at radius 3 is 2.40 bits per heavy atom. The van der Waals surface area contributed by atoms with Crippen LogP contribution >= 0.6 is 0 Å². The van der Waals surface area contributed by atoms with Gasteiger partial charge in [-0.3, -0.25) is 9.59 Å². The predicted octanol–water partition coefficient (Wildman–Crippen LogP) is 1.37. The zero-order chi connectivity index (χ0) is 14.5. The van der Waals surface area contributed by atoms with Crippen LogP contribution in [-0.4, -0.2) is 25.0 Å². The van der Waals surface area contributed by atoms with Crippen LogP contribution in [0.2, 0.25) is 0 Å². The molecule has 2 aromatic rings. The second-order valence-electron chi connectivity index (χ2n) is 4.69. The summed E-state index contributed by atoms with van der Waals surface area (Å²) >= 11 is 0. The van der Waals surface area contributed by atoms with Crippen LogP contribution in [0.25, 0.3) is 0 Å². The molecule has 0 aliphatic rings. The number of hydrogen-bond acceptors (Lipinski definition) is 3. The van der Waals surface area contributed by atoms with Crippen molar-refractivity contribution in [1.82, 2.24) is 10.3 Å². The number of anilines is 1. The first kappa shape index (κ1) is 13.9. The molecule has 20 heavy (non-hydrogen) atoms. The van der Waals surface area contributed by atoms with Crippen molar-refractivity contribution in [3.8, 4) is 0 Å². The Kier molecular flexibility index (Phi) is 4.20. The van der Waals surface area contributed by atoms with Crippen LogP contribution < -0.4 is 15.8 Å². The second-order valence-corrected chi connectivity index (χ2v) is 4.69. The van der Waals surface area contributed by atoms with Crippen molar-refractivity contribution >= 4 is 11.6 Å². The van der Waals surface area contributed by atoms with Crippen molar-refractivity contribution in [2.45, 2.75) is 6.54 Å². The van der Waals surface area contributed by atoms with Gasteiger partial charge in [-0.2, -0.15) is 0 Å². The number of nitrogens with zero attached hydrogens (tertiary/aromatic N) is 1. The number of H-pyrrole nitrogens is 1. The highest BCUT2D eigenvalue weighted by Crippen LogP contribution is 2.12. The van der Waals surface area contributed by atoms with Crippen molar-refractivity contribution in [3.05, 3.63) is 64.1 Å². The number of aromatic amines is 1. The van der Waals surface area contributed by atoms with Crippen molar-refractivity contribution in [3.63, 3.8) is 0 Å². The minimum absolute atomic E-state index is 0.210. The summed E-state index contributed by atoms with van der Waals surface area (Å²) < 4.78 is 0. The average molecular weight is 271 g/mol. The number of hydrogen-bond donors (Lipinski definition) is 2. The maximum absolute atomic E-state index is 11.9. The summed E-state index contributed by atoms with van der Waals surface area (Å²) in [5, 5.41) is 2.81. The summed E-state index contributed by atoms with van der Waals surface area (Å²) in [5.41, 5.74) is 2.35. The van der Waals surface area contributed by atoms with E-state index in [4.69, 9.17) is 0 Å². The standard InChI is InChI=1S/C15H17N3O2/c1-18(2)13-6-3-11(4-7-13)9-17-15(20)12-5-8-14(19)16-10-12/h3-8,10H,9H2,1-2H3,(H,16,19)(H,17,20). The summed E-state index contributed by atoms with van der Waals surface area (Å²) in [7, 11) is 3.96. The number of amides is 1. The third-order valence-corrected chi connectivity index (χ3v) is 2.95. The molecule has 0 fully saturated rings. The maximum atomic E-state index is 11.9. The highest BCUT2D eigenvalue weighted by molar-refractivity contribution is 5.93. The Labute approximate surface area is 117 Å². The van der Waals surface area contributed by atoms with E-state index in [0.29, 0.717) is 12.1 Å². The summed E-state index contributed by atoms with van der Waals surface area (Å²) in [4.78, 5) is 27.3. The summed E-state index contributed by atoms with van der Waals surface area (Å²) in [6.07, 6.45) is 1.41. The Balaban J connectivity index is 1.96. The van der Waals surface area contributed by atoms with Gasteiger partial charge in [-0.1, -0.05) is 12.1 Å². The first-order valence-corrected chi connectivity index (χ1v) is 6.29. The Morgan fingerprint density at radius 1 is 1.15 bits per heavy atom. The van der Waals surface area contributed by atoms with Crippen molar-refractivity contribution in [2.75, 3.05) is 19.0 Å². The normalized spacial score (nSPS) is 10.1. The average Bonchev–Trinajstić information content (AvgIpc) is 2.46. The SMILES string of the molecule is CN(C)c1ccc(CNC(=O)c2ccc(=O)[nH]c2)cc1. The fourth-order valence-electron chi connectivity index (χ4n) is 1.75. The van der Waals surface area contributed by atoms with Gasteiger partial charge in [0.15, 0.2) is 0 Å². The lowest BCUT2D eigenvalue weighted by atomic mass is 10.2. The molecular weight excluding hydrogens is 254 g/mol. The second kappa shape index (κ2) is 6.06. The van der Waals surface area contributed by atoms with Crippen LogP contribution in [0.4, 0.5) is 5.69 Å². The van der Waals surface area contributed by atoms with Gasteiger partial charge in [0, 0.05) is 38.6 Å². The first-order chi connectivity index (χ1) is 9.56. The van der Waals surface area contributed by atoms with E-state index in [-0.39, 0.29) is 11.5 Å². The summed E-state index contributed by atoms with van der Waals surface area (Å²) in [5.74, 6) is -0.210. The van der Waals surface area contributed by atoms with E-state index in [9.17, 15) is 9.59 Å². The number of carbonyl (C=O) groups is 1. The first-order valence-electron chi connectivity index (χ1n) is 6.29. The van der Waals surface area contributed by atoms with E-state index < -0.39 is 0 Å². The predicted molar refractivity (Wildman–Crippen MR) is 79.0 cm³/mol. The monoisotopic (exact) mass is 271 g/mol. The van der Waals surface area contributed by atoms with Crippen LogP contribution in [0.1, 0.15) is 15.9 Å². The number of benzene rings is 1. The van der Waals surface area contributed by atoms with Gasteiger partial charge in [-0.05, 0) is 23.8 Å². The molecule has 0 radical (unpaired) electrons. The molecule has 0 atom stereocenters. The molecule has 0 aliphatic carbocycles. The molecular formula is C15H17N3O2. The largest absolute Gasteiger partial charge is 0.378 e. The van der Waals surface area contributed by atoms with Gasteiger partial charge < -0.3 is 15.2 Å². The molecule has 0 saturated carbocycles. The number of nitrogens with one attached hydrogen (secondary N) is 2. The molecule has 5 heteroatoms. The number of pyridine rings is 1. The van der Waals surface area contributed by atoms with E-state index in [1.54, 1.807) is 0 Å². The molecule has 1 amide bonds. The van der Waals surface area contributed by atoms with Crippen molar-refractivity contribution in [2.24, 2.45) is 0 Å². The maximum Gasteiger partial charge on any atom is 0.253 e. The van der Waals surface area contributed by atoms with Crippen LogP contribution in [-0.2, 0) is 6.54 Å².